The number of hydrogen-bond acceptors (Lipinski definition) is 4. The predicted octanol–water partition coefficient (Wildman–Crippen LogP) is 2.05. The van der Waals surface area contributed by atoms with Gasteiger partial charge in [0.2, 0.25) is 0 Å². The lowest BCUT2D eigenvalue weighted by Crippen LogP contribution is -2.45. The number of likely N-dealkylation sites (N-methyl/N-ethyl adjacent to an activating group) is 1. The number of hydrogen-bond donors (Lipinski definition) is 1. The quantitative estimate of drug-likeness (QED) is 0.873. The molecule has 112 valence electrons. The molecule has 2 aromatic carbocycles. The zero-order chi connectivity index (χ0) is 14.7. The highest BCUT2D eigenvalue weighted by Gasteiger charge is 2.13. The lowest BCUT2D eigenvalue weighted by atomic mass is 10.1. The fraction of sp³-hybridized carbons (Fsp3) is 0.412. The van der Waals surface area contributed by atoms with Gasteiger partial charge in [-0.3, -0.25) is 4.90 Å². The van der Waals surface area contributed by atoms with Crippen molar-refractivity contribution in [3.63, 3.8) is 0 Å². The van der Waals surface area contributed by atoms with Crippen LogP contribution >= 0.6 is 0 Å². The van der Waals surface area contributed by atoms with E-state index in [4.69, 9.17) is 10.5 Å². The van der Waals surface area contributed by atoms with E-state index in [1.54, 1.807) is 0 Å². The smallest absolute Gasteiger partial charge is 0.127 e. The fourth-order valence-corrected chi connectivity index (χ4v) is 2.78. The van der Waals surface area contributed by atoms with Crippen molar-refractivity contribution in [1.29, 1.82) is 0 Å². The molecule has 0 radical (unpaired) electrons. The average Bonchev–Trinajstić information content (AvgIpc) is 2.52. The van der Waals surface area contributed by atoms with Gasteiger partial charge in [-0.1, -0.05) is 24.3 Å². The number of fused-ring (bicyclic) bond motifs is 1. The molecule has 0 unspecified atom stereocenters. The first-order valence-corrected chi connectivity index (χ1v) is 7.55. The molecular weight excluding hydrogens is 262 g/mol. The molecule has 1 heterocycles. The maximum absolute atomic E-state index is 6.02. The van der Waals surface area contributed by atoms with E-state index in [0.29, 0.717) is 0 Å². The van der Waals surface area contributed by atoms with Gasteiger partial charge in [0.15, 0.2) is 0 Å². The number of ether oxygens (including phenoxy) is 1. The van der Waals surface area contributed by atoms with Gasteiger partial charge >= 0.3 is 0 Å². The van der Waals surface area contributed by atoms with Crippen LogP contribution in [0.3, 0.4) is 0 Å². The summed E-state index contributed by atoms with van der Waals surface area (Å²) in [6.07, 6.45) is 0. The van der Waals surface area contributed by atoms with Crippen molar-refractivity contribution in [2.24, 2.45) is 0 Å². The SMILES string of the molecule is CN1CCN(CCOc2ccc(N)c3ccccc23)CC1. The molecule has 0 saturated carbocycles. The van der Waals surface area contributed by atoms with Crippen LogP contribution in [0.2, 0.25) is 0 Å². The van der Waals surface area contributed by atoms with E-state index in [2.05, 4.69) is 22.9 Å². The van der Waals surface area contributed by atoms with E-state index in [-0.39, 0.29) is 0 Å². The Kier molecular flexibility index (Phi) is 4.27. The Balaban J connectivity index is 1.62. The Morgan fingerprint density at radius 2 is 1.71 bits per heavy atom. The molecule has 4 nitrogen and oxygen atoms in total. The Hall–Kier alpha value is -1.78. The molecule has 0 atom stereocenters. The van der Waals surface area contributed by atoms with Crippen molar-refractivity contribution in [3.05, 3.63) is 36.4 Å². The second-order valence-electron chi connectivity index (χ2n) is 5.69. The molecule has 1 saturated heterocycles. The van der Waals surface area contributed by atoms with Gasteiger partial charge in [-0.25, -0.2) is 0 Å². The summed E-state index contributed by atoms with van der Waals surface area (Å²) < 4.78 is 5.99. The molecule has 0 bridgehead atoms. The van der Waals surface area contributed by atoms with Crippen LogP contribution in [-0.2, 0) is 0 Å². The topological polar surface area (TPSA) is 41.7 Å². The Bertz CT molecular complexity index is 606. The van der Waals surface area contributed by atoms with Crippen LogP contribution < -0.4 is 10.5 Å². The van der Waals surface area contributed by atoms with Gasteiger partial charge in [0.05, 0.1) is 0 Å². The van der Waals surface area contributed by atoms with Crippen LogP contribution in [0.5, 0.6) is 5.75 Å². The lowest BCUT2D eigenvalue weighted by molar-refractivity contribution is 0.134. The minimum absolute atomic E-state index is 0.720. The summed E-state index contributed by atoms with van der Waals surface area (Å²) in [6.45, 7) is 6.24. The minimum atomic E-state index is 0.720. The van der Waals surface area contributed by atoms with Crippen LogP contribution in [0.15, 0.2) is 36.4 Å². The molecule has 4 heteroatoms. The van der Waals surface area contributed by atoms with E-state index in [9.17, 15) is 0 Å². The standard InChI is InChI=1S/C17H23N3O/c1-19-8-10-20(11-9-19)12-13-21-17-7-6-16(18)14-4-2-3-5-15(14)17/h2-7H,8-13,18H2,1H3. The molecule has 0 aliphatic carbocycles. The molecule has 0 amide bonds. The zero-order valence-electron chi connectivity index (χ0n) is 12.6. The zero-order valence-corrected chi connectivity index (χ0v) is 12.6. The van der Waals surface area contributed by atoms with Crippen molar-refractivity contribution in [2.75, 3.05) is 52.1 Å². The molecule has 21 heavy (non-hydrogen) atoms. The fourth-order valence-electron chi connectivity index (χ4n) is 2.78. The Labute approximate surface area is 126 Å². The van der Waals surface area contributed by atoms with Crippen LogP contribution in [0.1, 0.15) is 0 Å². The number of rotatable bonds is 4. The third-order valence-corrected chi connectivity index (χ3v) is 4.18. The van der Waals surface area contributed by atoms with E-state index in [0.717, 1.165) is 61.5 Å². The number of nitrogens with two attached hydrogens (primary N) is 1. The summed E-state index contributed by atoms with van der Waals surface area (Å²) in [4.78, 5) is 4.82. The van der Waals surface area contributed by atoms with Crippen molar-refractivity contribution in [3.8, 4) is 5.75 Å². The van der Waals surface area contributed by atoms with Gasteiger partial charge in [0.1, 0.15) is 12.4 Å². The molecule has 1 fully saturated rings. The largest absolute Gasteiger partial charge is 0.492 e. The monoisotopic (exact) mass is 285 g/mol. The van der Waals surface area contributed by atoms with E-state index in [1.165, 1.54) is 0 Å². The normalized spacial score (nSPS) is 17.2. The second-order valence-corrected chi connectivity index (χ2v) is 5.69. The second kappa shape index (κ2) is 6.33. The summed E-state index contributed by atoms with van der Waals surface area (Å²) in [5.74, 6) is 0.925. The first-order chi connectivity index (χ1) is 10.2. The highest BCUT2D eigenvalue weighted by atomic mass is 16.5. The Morgan fingerprint density at radius 1 is 1.00 bits per heavy atom. The van der Waals surface area contributed by atoms with Gasteiger partial charge in [-0.15, -0.1) is 0 Å². The third-order valence-electron chi connectivity index (χ3n) is 4.18. The number of nitrogens with zero attached hydrogens (tertiary/aromatic N) is 2. The lowest BCUT2D eigenvalue weighted by Gasteiger charge is -2.32. The van der Waals surface area contributed by atoms with Crippen molar-refractivity contribution in [1.82, 2.24) is 9.80 Å². The summed E-state index contributed by atoms with van der Waals surface area (Å²) in [7, 11) is 2.17. The molecule has 1 aliphatic heterocycles. The maximum Gasteiger partial charge on any atom is 0.127 e. The van der Waals surface area contributed by atoms with Crippen LogP contribution in [0.25, 0.3) is 10.8 Å². The van der Waals surface area contributed by atoms with Crippen LogP contribution in [0, 0.1) is 0 Å². The molecule has 3 rings (SSSR count). The van der Waals surface area contributed by atoms with Crippen LogP contribution in [-0.4, -0.2) is 56.2 Å². The first-order valence-electron chi connectivity index (χ1n) is 7.55. The number of benzene rings is 2. The van der Waals surface area contributed by atoms with Gasteiger partial charge in [-0.05, 0) is 19.2 Å². The summed E-state index contributed by atoms with van der Waals surface area (Å²) in [5, 5.41) is 2.16. The van der Waals surface area contributed by atoms with E-state index < -0.39 is 0 Å². The van der Waals surface area contributed by atoms with Gasteiger partial charge in [0, 0.05) is 49.2 Å². The molecule has 1 aliphatic rings. The molecule has 0 spiro atoms. The first kappa shape index (κ1) is 14.2. The molecule has 0 aromatic heterocycles. The highest BCUT2D eigenvalue weighted by molar-refractivity contribution is 5.96. The van der Waals surface area contributed by atoms with Crippen molar-refractivity contribution < 1.29 is 4.74 Å². The summed E-state index contributed by atoms with van der Waals surface area (Å²) >= 11 is 0. The molecule has 2 N–H and O–H groups in total. The molecule has 2 aromatic rings. The number of nitrogen functional groups attached to an aromatic ring is 1. The number of piperazine rings is 1. The molecular formula is C17H23N3O. The van der Waals surface area contributed by atoms with Crippen molar-refractivity contribution in [2.45, 2.75) is 0 Å². The summed E-state index contributed by atoms with van der Waals surface area (Å²) in [5.41, 5.74) is 6.82. The van der Waals surface area contributed by atoms with Crippen molar-refractivity contribution >= 4 is 16.5 Å². The maximum atomic E-state index is 6.02. The predicted molar refractivity (Wildman–Crippen MR) is 87.8 cm³/mol. The summed E-state index contributed by atoms with van der Waals surface area (Å²) in [6, 6.07) is 12.0. The Morgan fingerprint density at radius 3 is 2.48 bits per heavy atom. The average molecular weight is 285 g/mol. The van der Waals surface area contributed by atoms with E-state index >= 15 is 0 Å². The minimum Gasteiger partial charge on any atom is -0.492 e. The third kappa shape index (κ3) is 3.28. The van der Waals surface area contributed by atoms with E-state index in [1.807, 2.05) is 30.3 Å². The highest BCUT2D eigenvalue weighted by Crippen LogP contribution is 2.29. The van der Waals surface area contributed by atoms with Gasteiger partial charge in [-0.2, -0.15) is 0 Å². The van der Waals surface area contributed by atoms with Gasteiger partial charge < -0.3 is 15.4 Å². The van der Waals surface area contributed by atoms with Crippen LogP contribution in [0.4, 0.5) is 5.69 Å². The van der Waals surface area contributed by atoms with Gasteiger partial charge in [0.25, 0.3) is 0 Å². The number of anilines is 1.